The van der Waals surface area contributed by atoms with E-state index < -0.39 is 24.3 Å². The number of aliphatic hydroxyl groups is 3. The Balaban J connectivity index is 0.000000143. The minimum Gasteiger partial charge on any atom is -0.507 e. The number of hydrogen-bond acceptors (Lipinski definition) is 20. The van der Waals surface area contributed by atoms with Crippen LogP contribution in [0, 0.1) is 0 Å². The normalized spacial score (nSPS) is 11.6. The van der Waals surface area contributed by atoms with Crippen molar-refractivity contribution in [3.8, 4) is 204 Å². The zero-order chi connectivity index (χ0) is 89.7. The highest BCUT2D eigenvalue weighted by Crippen LogP contribution is 2.40. The van der Waals surface area contributed by atoms with Crippen LogP contribution in [-0.2, 0) is 9.53 Å². The molecule has 3 unspecified atom stereocenters. The Labute approximate surface area is 752 Å². The predicted octanol–water partition coefficient (Wildman–Crippen LogP) is 22.6. The summed E-state index contributed by atoms with van der Waals surface area (Å²) in [6, 6.07) is 124. The molecule has 0 aliphatic heterocycles. The summed E-state index contributed by atoms with van der Waals surface area (Å²) in [7, 11) is 0. The van der Waals surface area contributed by atoms with Crippen LogP contribution in [0.25, 0.3) is 169 Å². The van der Waals surface area contributed by atoms with Gasteiger partial charge in [0.1, 0.15) is 66.5 Å². The van der Waals surface area contributed by atoms with Crippen molar-refractivity contribution >= 4 is 5.97 Å². The molecule has 0 saturated heterocycles. The van der Waals surface area contributed by atoms with Crippen molar-refractivity contribution in [2.45, 2.75) is 39.1 Å². The first kappa shape index (κ1) is 87.0. The molecule has 20 heteroatoms. The lowest BCUT2D eigenvalue weighted by Gasteiger charge is -2.14. The largest absolute Gasteiger partial charge is 0.507 e. The molecule has 18 rings (SSSR count). The van der Waals surface area contributed by atoms with E-state index in [0.29, 0.717) is 86.4 Å². The Morgan fingerprint density at radius 3 is 0.692 bits per heavy atom. The molecular weight excluding hydrogens is 1620 g/mol. The standard InChI is InChI=1S/C38H31N3O5.2C36H29N3O3/c1-25(42)45-23-32(43)24-46-33-20-21-34(35(44)22-33)38-40-36(30-16-12-28(13-17-30)26-8-4-2-5-9-26)39-37(41-38)31-18-14-29(15-19-31)27-10-6-3-7-11-27;1-24(40)23-42-31-20-21-32(33(41)22-31)36-38-34(29-16-12-27(13-17-29)25-8-4-2-5-9-25)37-35(39-36)30-18-14-28(15-19-30)26-10-6-3-7-11-26;1-24(23-40)42-31-20-21-32(33(41)22-31)36-38-34(29-16-12-27(13-17-29)25-8-4-2-5-9-25)37-35(39-36)30-18-14-28(15-19-30)26-10-6-3-7-11-26/h2-22,32,43-44H,23-24H2,1H3;2*2-22,24,40-41H,23H2,1H3. The summed E-state index contributed by atoms with van der Waals surface area (Å²) in [4.78, 5) is 54.1. The maximum absolute atomic E-state index is 11.0. The van der Waals surface area contributed by atoms with Gasteiger partial charge in [0.15, 0.2) is 52.4 Å². The molecule has 6 N–H and O–H groups in total. The minimum absolute atomic E-state index is 0.0277. The van der Waals surface area contributed by atoms with E-state index in [4.69, 9.17) is 63.8 Å². The number of rotatable bonds is 26. The van der Waals surface area contributed by atoms with Gasteiger partial charge in [-0.2, -0.15) is 0 Å². The lowest BCUT2D eigenvalue weighted by molar-refractivity contribution is -0.144. The highest BCUT2D eigenvalue weighted by molar-refractivity contribution is 5.79. The summed E-state index contributed by atoms with van der Waals surface area (Å²) in [5.41, 5.74) is 19.4. The van der Waals surface area contributed by atoms with Gasteiger partial charge in [0.05, 0.1) is 29.4 Å². The number of phenols is 3. The smallest absolute Gasteiger partial charge is 0.302 e. The van der Waals surface area contributed by atoms with E-state index in [1.165, 1.54) is 25.1 Å². The third-order valence-electron chi connectivity index (χ3n) is 21.0. The Kier molecular flexibility index (Phi) is 27.8. The first-order chi connectivity index (χ1) is 63.5. The summed E-state index contributed by atoms with van der Waals surface area (Å²) < 4.78 is 21.6. The third kappa shape index (κ3) is 22.2. The van der Waals surface area contributed by atoms with Gasteiger partial charge < -0.3 is 49.6 Å². The number of esters is 1. The molecule has 0 aliphatic carbocycles. The summed E-state index contributed by atoms with van der Waals surface area (Å²) in [5, 5.41) is 61.8. The Morgan fingerprint density at radius 1 is 0.262 bits per heavy atom. The number of phenolic OH excluding ortho intramolecular Hbond substituents is 3. The molecule has 0 aliphatic rings. The Bertz CT molecular complexity index is 6520. The van der Waals surface area contributed by atoms with Gasteiger partial charge in [-0.3, -0.25) is 4.79 Å². The van der Waals surface area contributed by atoms with E-state index in [9.17, 15) is 35.4 Å². The first-order valence-corrected chi connectivity index (χ1v) is 42.3. The zero-order valence-corrected chi connectivity index (χ0v) is 71.2. The number of aromatic hydroxyl groups is 3. The van der Waals surface area contributed by atoms with Crippen LogP contribution in [0.2, 0.25) is 0 Å². The number of benzene rings is 15. The highest BCUT2D eigenvalue weighted by atomic mass is 16.5. The van der Waals surface area contributed by atoms with Crippen LogP contribution in [0.15, 0.2) is 382 Å². The van der Waals surface area contributed by atoms with Gasteiger partial charge in [-0.05, 0) is 117 Å². The summed E-state index contributed by atoms with van der Waals surface area (Å²) in [6.45, 7) is 4.34. The Hall–Kier alpha value is -16.5. The van der Waals surface area contributed by atoms with Gasteiger partial charge >= 0.3 is 5.97 Å². The molecule has 0 saturated carbocycles. The fourth-order valence-electron chi connectivity index (χ4n) is 14.2. The molecule has 20 nitrogen and oxygen atoms in total. The van der Waals surface area contributed by atoms with Crippen molar-refractivity contribution in [2.24, 2.45) is 0 Å². The minimum atomic E-state index is -1.01. The number of hydrogen-bond donors (Lipinski definition) is 6. The van der Waals surface area contributed by atoms with Crippen molar-refractivity contribution in [3.63, 3.8) is 0 Å². The number of aromatic nitrogens is 9. The number of ether oxygens (including phenoxy) is 4. The van der Waals surface area contributed by atoms with Crippen molar-refractivity contribution in [1.82, 2.24) is 44.9 Å². The average Bonchev–Trinajstić information content (AvgIpc) is 0.793. The first-order valence-electron chi connectivity index (χ1n) is 42.3. The van der Waals surface area contributed by atoms with E-state index in [-0.39, 0.29) is 43.7 Å². The van der Waals surface area contributed by atoms with Crippen molar-refractivity contribution in [3.05, 3.63) is 382 Å². The lowest BCUT2D eigenvalue weighted by Crippen LogP contribution is -2.24. The molecule has 0 amide bonds. The molecule has 3 aromatic heterocycles. The molecule has 0 bridgehead atoms. The fraction of sp³-hybridized carbons (Fsp3) is 0.0909. The van der Waals surface area contributed by atoms with Gasteiger partial charge in [-0.1, -0.05) is 328 Å². The highest BCUT2D eigenvalue weighted by Gasteiger charge is 2.22. The molecular formula is C110H89N9O11. The van der Waals surface area contributed by atoms with E-state index in [2.05, 4.69) is 72.8 Å². The molecule has 0 fully saturated rings. The maximum atomic E-state index is 11.0. The van der Waals surface area contributed by atoms with Gasteiger partial charge in [0.25, 0.3) is 0 Å². The van der Waals surface area contributed by atoms with Gasteiger partial charge in [-0.25, -0.2) is 44.9 Å². The molecule has 640 valence electrons. The molecule has 3 heterocycles. The SMILES string of the molecule is CC(=O)OCC(O)COc1ccc(-c2nc(-c3ccc(-c4ccccc4)cc3)nc(-c3ccc(-c4ccccc4)cc3)n2)c(O)c1.CC(CO)Oc1ccc(-c2nc(-c3ccc(-c4ccccc4)cc3)nc(-c3ccc(-c4ccccc4)cc3)n2)c(O)c1.CC(O)COc1ccc(-c2nc(-c3ccc(-c4ccccc4)cc3)nc(-c3ccc(-c4ccccc4)cc3)n2)c(O)c1. The fourth-order valence-corrected chi connectivity index (χ4v) is 14.2. The summed E-state index contributed by atoms with van der Waals surface area (Å²) in [5.74, 6) is 4.44. The van der Waals surface area contributed by atoms with Crippen LogP contribution in [-0.4, -0.2) is 126 Å². The predicted molar refractivity (Wildman–Crippen MR) is 509 cm³/mol. The summed E-state index contributed by atoms with van der Waals surface area (Å²) in [6.07, 6.45) is -2.04. The molecule has 15 aromatic carbocycles. The lowest BCUT2D eigenvalue weighted by atomic mass is 10.0. The van der Waals surface area contributed by atoms with E-state index in [0.717, 1.165) is 100 Å². The second kappa shape index (κ2) is 41.5. The van der Waals surface area contributed by atoms with Crippen molar-refractivity contribution in [2.75, 3.05) is 26.4 Å². The average molecular weight is 1710 g/mol. The van der Waals surface area contributed by atoms with E-state index >= 15 is 0 Å². The second-order valence-corrected chi connectivity index (χ2v) is 30.7. The third-order valence-corrected chi connectivity index (χ3v) is 21.0. The van der Waals surface area contributed by atoms with E-state index in [1.54, 1.807) is 50.2 Å². The molecule has 0 spiro atoms. The van der Waals surface area contributed by atoms with Crippen LogP contribution in [0.5, 0.6) is 34.5 Å². The van der Waals surface area contributed by atoms with Crippen LogP contribution in [0.1, 0.15) is 20.8 Å². The topological polar surface area (TPSA) is 291 Å². The molecule has 18 aromatic rings. The van der Waals surface area contributed by atoms with Gasteiger partial charge in [0.2, 0.25) is 0 Å². The molecule has 0 radical (unpaired) electrons. The van der Waals surface area contributed by atoms with Crippen LogP contribution in [0.4, 0.5) is 0 Å². The number of aliphatic hydroxyl groups excluding tert-OH is 3. The van der Waals surface area contributed by atoms with Gasteiger partial charge in [0, 0.05) is 58.5 Å². The number of carbonyl (C=O) groups excluding carboxylic acids is 1. The van der Waals surface area contributed by atoms with Gasteiger partial charge in [-0.15, -0.1) is 0 Å². The number of carbonyl (C=O) groups is 1. The Morgan fingerprint density at radius 2 is 0.469 bits per heavy atom. The monoisotopic (exact) mass is 1710 g/mol. The van der Waals surface area contributed by atoms with Crippen molar-refractivity contribution in [1.29, 1.82) is 0 Å². The van der Waals surface area contributed by atoms with Crippen LogP contribution < -0.4 is 14.2 Å². The maximum Gasteiger partial charge on any atom is 0.302 e. The quantitative estimate of drug-likeness (QED) is 0.0275. The molecule has 130 heavy (non-hydrogen) atoms. The van der Waals surface area contributed by atoms with Crippen molar-refractivity contribution < 1.29 is 54.4 Å². The zero-order valence-electron chi connectivity index (χ0n) is 71.2. The van der Waals surface area contributed by atoms with E-state index in [1.807, 2.05) is 255 Å². The summed E-state index contributed by atoms with van der Waals surface area (Å²) >= 11 is 0. The van der Waals surface area contributed by atoms with Crippen LogP contribution in [0.3, 0.4) is 0 Å². The molecule has 3 atom stereocenters. The van der Waals surface area contributed by atoms with Crippen LogP contribution >= 0.6 is 0 Å². The second-order valence-electron chi connectivity index (χ2n) is 30.7. The number of nitrogens with zero attached hydrogens (tertiary/aromatic N) is 9.